The van der Waals surface area contributed by atoms with Crippen LogP contribution in [0.5, 0.6) is 0 Å². The van der Waals surface area contributed by atoms with E-state index < -0.39 is 16.4 Å². The van der Waals surface area contributed by atoms with E-state index in [0.717, 1.165) is 21.6 Å². The van der Waals surface area contributed by atoms with E-state index in [9.17, 15) is 14.5 Å². The van der Waals surface area contributed by atoms with Crippen molar-refractivity contribution < 1.29 is 9.31 Å². The fourth-order valence-corrected chi connectivity index (χ4v) is 2.99. The van der Waals surface area contributed by atoms with E-state index in [2.05, 4.69) is 10.3 Å². The minimum Gasteiger partial charge on any atom is -0.372 e. The summed E-state index contributed by atoms with van der Waals surface area (Å²) in [6.45, 7) is 5.66. The Hall–Kier alpha value is -2.02. The van der Waals surface area contributed by atoms with Gasteiger partial charge in [-0.15, -0.1) is 11.3 Å². The predicted molar refractivity (Wildman–Crippen MR) is 76.7 cm³/mol. The first-order chi connectivity index (χ1) is 9.40. The molecule has 106 valence electrons. The molecule has 0 aliphatic heterocycles. The van der Waals surface area contributed by atoms with Gasteiger partial charge in [0.15, 0.2) is 0 Å². The summed E-state index contributed by atoms with van der Waals surface area (Å²) in [7, 11) is 0. The van der Waals surface area contributed by atoms with Crippen molar-refractivity contribution in [2.45, 2.75) is 26.8 Å². The number of aromatic nitrogens is 1. The molecular formula is C13H14FN3O2S. The zero-order chi connectivity index (χ0) is 14.9. The number of nitro groups is 1. The van der Waals surface area contributed by atoms with Crippen molar-refractivity contribution >= 4 is 22.7 Å². The van der Waals surface area contributed by atoms with Crippen molar-refractivity contribution in [3.8, 4) is 0 Å². The molecule has 2 aromatic rings. The second-order valence-electron chi connectivity index (χ2n) is 4.44. The van der Waals surface area contributed by atoms with Gasteiger partial charge in [-0.05, 0) is 32.9 Å². The maximum absolute atomic E-state index is 13.5. The zero-order valence-corrected chi connectivity index (χ0v) is 12.1. The molecule has 1 atom stereocenters. The summed E-state index contributed by atoms with van der Waals surface area (Å²) in [5.41, 5.74) is 0.526. The molecule has 2 rings (SSSR count). The van der Waals surface area contributed by atoms with Gasteiger partial charge in [-0.25, -0.2) is 4.98 Å². The van der Waals surface area contributed by atoms with Gasteiger partial charge < -0.3 is 5.32 Å². The van der Waals surface area contributed by atoms with Gasteiger partial charge in [0, 0.05) is 4.88 Å². The number of benzene rings is 1. The number of aryl methyl sites for hydroxylation is 2. The van der Waals surface area contributed by atoms with Crippen LogP contribution in [0.1, 0.15) is 28.5 Å². The van der Waals surface area contributed by atoms with Crippen molar-refractivity contribution in [1.29, 1.82) is 0 Å². The van der Waals surface area contributed by atoms with Crippen molar-refractivity contribution in [3.05, 3.63) is 49.7 Å². The molecule has 1 N–H and O–H groups in total. The summed E-state index contributed by atoms with van der Waals surface area (Å²) in [4.78, 5) is 15.5. The Kier molecular flexibility index (Phi) is 3.99. The van der Waals surface area contributed by atoms with Crippen LogP contribution in [-0.4, -0.2) is 9.91 Å². The second-order valence-corrected chi connectivity index (χ2v) is 5.68. The zero-order valence-electron chi connectivity index (χ0n) is 11.3. The second kappa shape index (κ2) is 5.54. The normalized spacial score (nSPS) is 12.2. The summed E-state index contributed by atoms with van der Waals surface area (Å²) >= 11 is 1.52. The number of rotatable bonds is 4. The van der Waals surface area contributed by atoms with E-state index in [-0.39, 0.29) is 11.7 Å². The van der Waals surface area contributed by atoms with Crippen LogP contribution < -0.4 is 5.32 Å². The van der Waals surface area contributed by atoms with Crippen LogP contribution in [-0.2, 0) is 0 Å². The molecule has 20 heavy (non-hydrogen) atoms. The minimum absolute atomic E-state index is 0.174. The van der Waals surface area contributed by atoms with E-state index >= 15 is 0 Å². The van der Waals surface area contributed by atoms with Crippen LogP contribution in [0, 0.1) is 29.8 Å². The number of halogens is 1. The molecule has 0 saturated carbocycles. The molecule has 1 aromatic heterocycles. The van der Waals surface area contributed by atoms with Crippen LogP contribution >= 0.6 is 11.3 Å². The number of nitrogens with zero attached hydrogens (tertiary/aromatic N) is 2. The molecule has 1 aromatic carbocycles. The highest BCUT2D eigenvalue weighted by Gasteiger charge is 2.22. The highest BCUT2D eigenvalue weighted by molar-refractivity contribution is 7.11. The Labute approximate surface area is 119 Å². The molecule has 1 unspecified atom stereocenters. The summed E-state index contributed by atoms with van der Waals surface area (Å²) in [5, 5.41) is 14.9. The van der Waals surface area contributed by atoms with Gasteiger partial charge in [0.1, 0.15) is 5.69 Å². The molecule has 0 aliphatic carbocycles. The van der Waals surface area contributed by atoms with Gasteiger partial charge in [0.05, 0.1) is 21.7 Å². The van der Waals surface area contributed by atoms with Gasteiger partial charge in [0.2, 0.25) is 5.82 Å². The Balaban J connectivity index is 2.33. The van der Waals surface area contributed by atoms with Crippen LogP contribution in [0.3, 0.4) is 0 Å². The first kappa shape index (κ1) is 14.4. The Bertz CT molecular complexity index is 657. The summed E-state index contributed by atoms with van der Waals surface area (Å²) in [6.07, 6.45) is 0. The SMILES string of the molecule is Cc1nc(C)c(C(C)Nc2cccc(F)c2[N+](=O)[O-])s1. The molecule has 0 bridgehead atoms. The number of nitro benzene ring substituents is 1. The van der Waals surface area contributed by atoms with Crippen LogP contribution in [0.2, 0.25) is 0 Å². The molecule has 0 fully saturated rings. The molecule has 1 heterocycles. The van der Waals surface area contributed by atoms with Crippen LogP contribution in [0.15, 0.2) is 18.2 Å². The summed E-state index contributed by atoms with van der Waals surface area (Å²) in [5.74, 6) is -0.843. The third-order valence-electron chi connectivity index (χ3n) is 2.87. The Morgan fingerprint density at radius 2 is 2.15 bits per heavy atom. The van der Waals surface area contributed by atoms with Crippen molar-refractivity contribution in [1.82, 2.24) is 4.98 Å². The van der Waals surface area contributed by atoms with E-state index in [1.165, 1.54) is 23.5 Å². The average Bonchev–Trinajstić information content (AvgIpc) is 2.68. The number of nitrogens with one attached hydrogen (secondary N) is 1. The number of thiazole rings is 1. The molecule has 7 heteroatoms. The van der Waals surface area contributed by atoms with E-state index in [1.54, 1.807) is 0 Å². The summed E-state index contributed by atoms with van der Waals surface area (Å²) in [6, 6.07) is 3.85. The molecule has 5 nitrogen and oxygen atoms in total. The fourth-order valence-electron chi connectivity index (χ4n) is 2.06. The van der Waals surface area contributed by atoms with E-state index in [1.807, 2.05) is 20.8 Å². The first-order valence-corrected chi connectivity index (χ1v) is 6.85. The lowest BCUT2D eigenvalue weighted by molar-refractivity contribution is -0.386. The lowest BCUT2D eigenvalue weighted by Crippen LogP contribution is -2.09. The minimum atomic E-state index is -0.843. The highest BCUT2D eigenvalue weighted by atomic mass is 32.1. The Morgan fingerprint density at radius 3 is 2.70 bits per heavy atom. The van der Waals surface area contributed by atoms with Crippen molar-refractivity contribution in [3.63, 3.8) is 0 Å². The summed E-state index contributed by atoms with van der Waals surface area (Å²) < 4.78 is 13.5. The lowest BCUT2D eigenvalue weighted by atomic mass is 10.2. The maximum Gasteiger partial charge on any atom is 0.327 e. The number of hydrogen-bond donors (Lipinski definition) is 1. The van der Waals surface area contributed by atoms with E-state index in [0.29, 0.717) is 0 Å². The predicted octanol–water partition coefficient (Wildman–Crippen LogP) is 3.98. The standard InChI is InChI=1S/C13H14FN3O2S/c1-7-13(20-9(3)15-7)8(2)16-11-6-4-5-10(14)12(11)17(18)19/h4-6,8,16H,1-3H3. The average molecular weight is 295 g/mol. The maximum atomic E-state index is 13.5. The third kappa shape index (κ3) is 2.77. The monoisotopic (exact) mass is 295 g/mol. The quantitative estimate of drug-likeness (QED) is 0.684. The number of anilines is 1. The van der Waals surface area contributed by atoms with Crippen LogP contribution in [0.4, 0.5) is 15.8 Å². The largest absolute Gasteiger partial charge is 0.372 e. The molecule has 0 spiro atoms. The fraction of sp³-hybridized carbons (Fsp3) is 0.308. The first-order valence-electron chi connectivity index (χ1n) is 6.03. The topological polar surface area (TPSA) is 68.1 Å². The van der Waals surface area contributed by atoms with E-state index in [4.69, 9.17) is 0 Å². The molecule has 0 saturated heterocycles. The number of para-hydroxylation sites is 1. The number of hydrogen-bond acceptors (Lipinski definition) is 5. The van der Waals surface area contributed by atoms with Gasteiger partial charge >= 0.3 is 5.69 Å². The van der Waals surface area contributed by atoms with Gasteiger partial charge in [0.25, 0.3) is 0 Å². The van der Waals surface area contributed by atoms with Gasteiger partial charge in [-0.1, -0.05) is 6.07 Å². The van der Waals surface area contributed by atoms with Crippen LogP contribution in [0.25, 0.3) is 0 Å². The van der Waals surface area contributed by atoms with Crippen molar-refractivity contribution in [2.24, 2.45) is 0 Å². The smallest absolute Gasteiger partial charge is 0.327 e. The third-order valence-corrected chi connectivity index (χ3v) is 4.13. The van der Waals surface area contributed by atoms with Gasteiger partial charge in [-0.2, -0.15) is 4.39 Å². The Morgan fingerprint density at radius 1 is 1.45 bits per heavy atom. The molecule has 0 amide bonds. The highest BCUT2D eigenvalue weighted by Crippen LogP contribution is 2.32. The lowest BCUT2D eigenvalue weighted by Gasteiger charge is -2.14. The van der Waals surface area contributed by atoms with Crippen molar-refractivity contribution in [2.75, 3.05) is 5.32 Å². The molecular weight excluding hydrogens is 281 g/mol. The molecule has 0 aliphatic rings. The molecule has 0 radical (unpaired) electrons. The van der Waals surface area contributed by atoms with Gasteiger partial charge in [-0.3, -0.25) is 10.1 Å².